The van der Waals surface area contributed by atoms with E-state index in [0.717, 1.165) is 18.4 Å². The summed E-state index contributed by atoms with van der Waals surface area (Å²) >= 11 is 0. The molecule has 2 saturated heterocycles. The van der Waals surface area contributed by atoms with E-state index in [9.17, 15) is 9.59 Å². The van der Waals surface area contributed by atoms with Crippen LogP contribution in [0.25, 0.3) is 0 Å². The normalized spacial score (nSPS) is 23.2. The summed E-state index contributed by atoms with van der Waals surface area (Å²) in [5.74, 6) is 0.279. The molecule has 2 atom stereocenters. The molecule has 7 heteroatoms. The van der Waals surface area contributed by atoms with Crippen LogP contribution < -0.4 is 5.32 Å². The van der Waals surface area contributed by atoms with E-state index >= 15 is 0 Å². The number of carbonyl (C=O) groups excluding carboxylic acids is 2. The van der Waals surface area contributed by atoms with E-state index in [1.165, 1.54) is 12.8 Å². The van der Waals surface area contributed by atoms with Crippen LogP contribution in [0.5, 0.6) is 0 Å². The Bertz CT molecular complexity index is 748. The second-order valence-electron chi connectivity index (χ2n) is 10.5. The summed E-state index contributed by atoms with van der Waals surface area (Å²) in [5.41, 5.74) is 0.401. The topological polar surface area (TPSA) is 74.8 Å². The van der Waals surface area contributed by atoms with Gasteiger partial charge < -0.3 is 15.0 Å². The van der Waals surface area contributed by atoms with E-state index in [0.29, 0.717) is 44.2 Å². The first-order valence-corrected chi connectivity index (χ1v) is 12.1. The number of ether oxygens (including phenoxy) is 1. The fourth-order valence-electron chi connectivity index (χ4n) is 5.17. The summed E-state index contributed by atoms with van der Waals surface area (Å²) in [6.07, 6.45) is 8.17. The van der Waals surface area contributed by atoms with Crippen LogP contribution in [-0.4, -0.2) is 63.6 Å². The molecule has 0 radical (unpaired) electrons. The minimum Gasteiger partial charge on any atom is -0.444 e. The molecule has 1 N–H and O–H groups in total. The lowest BCUT2D eigenvalue weighted by molar-refractivity contribution is -0.127. The molecule has 7 nitrogen and oxygen atoms in total. The molecule has 0 saturated carbocycles. The van der Waals surface area contributed by atoms with E-state index in [2.05, 4.69) is 29.0 Å². The Hall–Kier alpha value is -2.15. The number of hydrogen-bond acceptors (Lipinski definition) is 5. The lowest BCUT2D eigenvalue weighted by atomic mass is 9.89. The van der Waals surface area contributed by atoms with Crippen molar-refractivity contribution in [2.75, 3.05) is 13.1 Å². The van der Waals surface area contributed by atoms with Gasteiger partial charge in [-0.05, 0) is 78.4 Å². The van der Waals surface area contributed by atoms with Gasteiger partial charge >= 0.3 is 6.09 Å². The molecule has 2 unspecified atom stereocenters. The Balaban J connectivity index is 1.48. The van der Waals surface area contributed by atoms with Crippen LogP contribution in [0.2, 0.25) is 0 Å². The maximum Gasteiger partial charge on any atom is 0.410 e. The molecule has 2 bridgehead atoms. The molecule has 1 aromatic heterocycles. The van der Waals surface area contributed by atoms with E-state index < -0.39 is 5.60 Å². The van der Waals surface area contributed by atoms with Crippen LogP contribution in [0.1, 0.15) is 72.3 Å². The zero-order chi connectivity index (χ0) is 23.3. The third-order valence-corrected chi connectivity index (χ3v) is 6.41. The monoisotopic (exact) mass is 444 g/mol. The molecule has 178 valence electrons. The molecule has 0 spiro atoms. The van der Waals surface area contributed by atoms with Crippen molar-refractivity contribution in [3.63, 3.8) is 0 Å². The van der Waals surface area contributed by atoms with Gasteiger partial charge in [0.15, 0.2) is 0 Å². The lowest BCUT2D eigenvalue weighted by Gasteiger charge is -2.41. The van der Waals surface area contributed by atoms with E-state index in [1.807, 2.05) is 32.9 Å². The Morgan fingerprint density at radius 3 is 2.50 bits per heavy atom. The summed E-state index contributed by atoms with van der Waals surface area (Å²) in [6.45, 7) is 11.6. The fourth-order valence-corrected chi connectivity index (χ4v) is 5.17. The second-order valence-corrected chi connectivity index (χ2v) is 10.5. The van der Waals surface area contributed by atoms with Crippen LogP contribution >= 0.6 is 0 Å². The lowest BCUT2D eigenvalue weighted by Crippen LogP contribution is -2.49. The predicted molar refractivity (Wildman–Crippen MR) is 125 cm³/mol. The summed E-state index contributed by atoms with van der Waals surface area (Å²) in [7, 11) is 0. The average molecular weight is 445 g/mol. The Labute approximate surface area is 192 Å². The molecule has 1 aromatic rings. The highest BCUT2D eigenvalue weighted by molar-refractivity contribution is 5.79. The molecule has 0 aromatic carbocycles. The van der Waals surface area contributed by atoms with Gasteiger partial charge in [-0.15, -0.1) is 0 Å². The number of piperidine rings is 1. The Morgan fingerprint density at radius 2 is 1.94 bits per heavy atom. The number of hydrogen-bond donors (Lipinski definition) is 1. The van der Waals surface area contributed by atoms with E-state index in [1.54, 1.807) is 17.3 Å². The largest absolute Gasteiger partial charge is 0.444 e. The molecule has 2 aliphatic rings. The summed E-state index contributed by atoms with van der Waals surface area (Å²) in [4.78, 5) is 33.9. The zero-order valence-corrected chi connectivity index (χ0v) is 20.3. The van der Waals surface area contributed by atoms with Crippen LogP contribution in [0, 0.1) is 5.92 Å². The van der Waals surface area contributed by atoms with E-state index in [-0.39, 0.29) is 17.9 Å². The number of rotatable bonds is 8. The van der Waals surface area contributed by atoms with Gasteiger partial charge in [-0.25, -0.2) is 4.79 Å². The van der Waals surface area contributed by atoms with Gasteiger partial charge in [0, 0.05) is 49.5 Å². The Morgan fingerprint density at radius 1 is 1.25 bits per heavy atom. The van der Waals surface area contributed by atoms with Crippen molar-refractivity contribution in [2.45, 2.75) is 97.0 Å². The van der Waals surface area contributed by atoms with E-state index in [4.69, 9.17) is 4.74 Å². The maximum atomic E-state index is 12.8. The minimum atomic E-state index is -0.553. The number of amides is 2. The van der Waals surface area contributed by atoms with Crippen LogP contribution in [0.3, 0.4) is 0 Å². The zero-order valence-electron chi connectivity index (χ0n) is 20.3. The molecule has 3 heterocycles. The summed E-state index contributed by atoms with van der Waals surface area (Å²) in [5, 5.41) is 3.12. The Kier molecular flexibility index (Phi) is 8.15. The number of aromatic nitrogens is 1. The molecule has 32 heavy (non-hydrogen) atoms. The molecule has 0 aliphatic carbocycles. The number of nitrogens with zero attached hydrogens (tertiary/aromatic N) is 3. The van der Waals surface area contributed by atoms with Gasteiger partial charge in [0.1, 0.15) is 5.60 Å². The van der Waals surface area contributed by atoms with Crippen molar-refractivity contribution in [3.8, 4) is 0 Å². The standard InChI is InChI=1S/C25H40N4O3/c1-18(2)29-21-9-10-22(29)15-20(14-21)23(30)27-12-7-13-28(24(31)32-25(3,4)5)17-19-8-6-11-26-16-19/h6,8,11,16,18,20-22H,7,9-10,12-15,17H2,1-5H3,(H,27,30). The van der Waals surface area contributed by atoms with Gasteiger partial charge in [-0.2, -0.15) is 0 Å². The van der Waals surface area contributed by atoms with Gasteiger partial charge in [0.2, 0.25) is 5.91 Å². The summed E-state index contributed by atoms with van der Waals surface area (Å²) in [6, 6.07) is 5.46. The third kappa shape index (κ3) is 6.67. The van der Waals surface area contributed by atoms with Crippen molar-refractivity contribution in [3.05, 3.63) is 30.1 Å². The molecule has 2 amide bonds. The van der Waals surface area contributed by atoms with Crippen LogP contribution in [-0.2, 0) is 16.1 Å². The highest BCUT2D eigenvalue weighted by Gasteiger charge is 2.43. The quantitative estimate of drug-likeness (QED) is 0.614. The maximum absolute atomic E-state index is 12.8. The van der Waals surface area contributed by atoms with Gasteiger partial charge in [-0.1, -0.05) is 6.07 Å². The highest BCUT2D eigenvalue weighted by Crippen LogP contribution is 2.39. The first-order valence-electron chi connectivity index (χ1n) is 12.1. The van der Waals surface area contributed by atoms with Crippen molar-refractivity contribution in [1.82, 2.24) is 20.1 Å². The highest BCUT2D eigenvalue weighted by atomic mass is 16.6. The smallest absolute Gasteiger partial charge is 0.410 e. The SMILES string of the molecule is CC(C)N1C2CCC1CC(C(=O)NCCCN(Cc1cccnc1)C(=O)OC(C)(C)C)C2. The third-order valence-electron chi connectivity index (χ3n) is 6.41. The van der Waals surface area contributed by atoms with Gasteiger partial charge in [0.05, 0.1) is 6.54 Å². The van der Waals surface area contributed by atoms with Crippen LogP contribution in [0.15, 0.2) is 24.5 Å². The fraction of sp³-hybridized carbons (Fsp3) is 0.720. The van der Waals surface area contributed by atoms with Crippen molar-refractivity contribution >= 4 is 12.0 Å². The molecular formula is C25H40N4O3. The number of nitrogens with one attached hydrogen (secondary N) is 1. The second kappa shape index (κ2) is 10.6. The van der Waals surface area contributed by atoms with Crippen molar-refractivity contribution < 1.29 is 14.3 Å². The molecule has 3 rings (SSSR count). The number of pyridine rings is 1. The molecule has 2 fully saturated rings. The first-order chi connectivity index (χ1) is 15.1. The van der Waals surface area contributed by atoms with Gasteiger partial charge in [0.25, 0.3) is 0 Å². The van der Waals surface area contributed by atoms with Crippen molar-refractivity contribution in [1.29, 1.82) is 0 Å². The van der Waals surface area contributed by atoms with Crippen molar-refractivity contribution in [2.24, 2.45) is 5.92 Å². The number of fused-ring (bicyclic) bond motifs is 2. The molecule has 2 aliphatic heterocycles. The van der Waals surface area contributed by atoms with Gasteiger partial charge in [-0.3, -0.25) is 14.7 Å². The van der Waals surface area contributed by atoms with Crippen LogP contribution in [0.4, 0.5) is 4.79 Å². The first kappa shape index (κ1) is 24.5. The summed E-state index contributed by atoms with van der Waals surface area (Å²) < 4.78 is 5.58. The minimum absolute atomic E-state index is 0.111. The predicted octanol–water partition coefficient (Wildman–Crippen LogP) is 3.98. The number of carbonyl (C=O) groups is 2. The average Bonchev–Trinajstić information content (AvgIpc) is 2.99. The molecular weight excluding hydrogens is 404 g/mol.